The van der Waals surface area contributed by atoms with Crippen LogP contribution in [0.3, 0.4) is 0 Å². The standard InChI is InChI=1S/C75H86N8O32/c1-35-22-45-68(97)82(74(103)110-33-37-10-12-47(112-72-60(91)56(87)58(89)62(114-72)70(99)100)41(24-37)64(93)77-17-9-16-76-53(84)32-81-54(85)14-15-55(81)86)43-28-51(49(106-4)26-39(43)66(95)79(45)30-35)108-19-7-6-8-20-109-52-29-44-40(27-50(52)107-5)67(96)80-31-36(2)23-46(80)69(98)83(44)75(104)111-34-38-11-13-48(42(25-38)65(94)78-18-21-105-3)113-73-61(92)57(88)59(90)63(115-73)71(101)102/h10-15,24-29,45-46,56-63,68-69,72-73,87-92,97-98H,1-2,6-9,16-23,30-34H2,3-5H3,(H,76,84)(H,77,93)(H,78,94)(H,99,100)(H,101,102)/t45-,46-,56-,57-,58-,59-,60+,61+,62-,63-,68?,69?,72+,73+/m0/s1. The number of hydrogen-bond donors (Lipinski definition) is 13. The average molecular weight is 1610 g/mol. The molecule has 11 rings (SSSR count). The number of methoxy groups -OCH3 is 3. The zero-order chi connectivity index (χ0) is 83.0. The molecule has 0 spiro atoms. The number of aliphatic hydroxyl groups excluding tert-OH is 8. The lowest BCUT2D eigenvalue weighted by atomic mass is 9.99. The van der Waals surface area contributed by atoms with E-state index in [-0.39, 0.29) is 151 Å². The number of unbranched alkanes of at least 4 members (excludes halogenated alkanes) is 2. The lowest BCUT2D eigenvalue weighted by molar-refractivity contribution is -0.271. The summed E-state index contributed by atoms with van der Waals surface area (Å²) in [6.45, 7) is 6.19. The summed E-state index contributed by atoms with van der Waals surface area (Å²) >= 11 is 0. The maximum atomic E-state index is 14.7. The quantitative estimate of drug-likeness (QED) is 0.0162. The van der Waals surface area contributed by atoms with E-state index in [1.54, 1.807) is 0 Å². The Morgan fingerprint density at radius 1 is 0.496 bits per heavy atom. The lowest BCUT2D eigenvalue weighted by Gasteiger charge is -2.38. The molecule has 4 fully saturated rings. The van der Waals surface area contributed by atoms with Gasteiger partial charge in [-0.15, -0.1) is 0 Å². The van der Waals surface area contributed by atoms with Gasteiger partial charge in [-0.1, -0.05) is 36.4 Å². The largest absolute Gasteiger partial charge is 0.493 e. The monoisotopic (exact) mass is 1610 g/mol. The van der Waals surface area contributed by atoms with Crippen molar-refractivity contribution in [2.75, 3.05) is 90.2 Å². The number of rotatable bonds is 31. The van der Waals surface area contributed by atoms with E-state index in [4.69, 9.17) is 52.1 Å². The van der Waals surface area contributed by atoms with Gasteiger partial charge in [-0.25, -0.2) is 29.0 Å². The van der Waals surface area contributed by atoms with E-state index in [1.165, 1.54) is 91.8 Å². The topological polar surface area (TPSA) is 544 Å². The van der Waals surface area contributed by atoms with Crippen LogP contribution in [-0.2, 0) is 60.9 Å². The molecule has 115 heavy (non-hydrogen) atoms. The molecular formula is C75H86N8O32. The van der Waals surface area contributed by atoms with Crippen molar-refractivity contribution in [3.63, 3.8) is 0 Å². The summed E-state index contributed by atoms with van der Waals surface area (Å²) in [4.78, 5) is 151. The first-order valence-electron chi connectivity index (χ1n) is 36.2. The normalized spacial score (nSPS) is 24.9. The highest BCUT2D eigenvalue weighted by Crippen LogP contribution is 2.45. The zero-order valence-electron chi connectivity index (χ0n) is 62.1. The number of ether oxygens (including phenoxy) is 11. The van der Waals surface area contributed by atoms with Crippen LogP contribution in [0.2, 0.25) is 0 Å². The minimum absolute atomic E-state index is 0.000575. The number of amides is 9. The van der Waals surface area contributed by atoms with Gasteiger partial charge in [0.25, 0.3) is 35.4 Å². The van der Waals surface area contributed by atoms with Crippen molar-refractivity contribution in [3.05, 3.63) is 131 Å². The predicted molar refractivity (Wildman–Crippen MR) is 388 cm³/mol. The number of carboxylic acids is 2. The highest BCUT2D eigenvalue weighted by molar-refractivity contribution is 6.14. The molecule has 9 amide bonds. The van der Waals surface area contributed by atoms with E-state index in [1.807, 2.05) is 0 Å². The Hall–Kier alpha value is -11.6. The Labute approximate surface area is 654 Å². The molecule has 0 saturated carbocycles. The van der Waals surface area contributed by atoms with Crippen molar-refractivity contribution in [2.24, 2.45) is 0 Å². The number of carboxylic acid groups (broad SMARTS) is 2. The number of carbonyl (C=O) groups is 11. The number of nitrogens with zero attached hydrogens (tertiary/aromatic N) is 5. The molecule has 2 unspecified atom stereocenters. The summed E-state index contributed by atoms with van der Waals surface area (Å²) in [5.74, 6) is -8.74. The van der Waals surface area contributed by atoms with Gasteiger partial charge in [-0.2, -0.15) is 0 Å². The Morgan fingerprint density at radius 3 is 1.34 bits per heavy atom. The first-order valence-corrected chi connectivity index (χ1v) is 36.2. The minimum Gasteiger partial charge on any atom is -0.493 e. The Bertz CT molecular complexity index is 4460. The van der Waals surface area contributed by atoms with E-state index >= 15 is 0 Å². The maximum absolute atomic E-state index is 14.7. The van der Waals surface area contributed by atoms with Crippen LogP contribution in [0.15, 0.2) is 97.1 Å². The fraction of sp³-hybridized carbons (Fsp3) is 0.453. The van der Waals surface area contributed by atoms with Crippen LogP contribution in [0, 0.1) is 0 Å². The van der Waals surface area contributed by atoms with Crippen molar-refractivity contribution in [1.29, 1.82) is 0 Å². The van der Waals surface area contributed by atoms with Gasteiger partial charge in [0.2, 0.25) is 18.5 Å². The highest BCUT2D eigenvalue weighted by atomic mass is 16.7. The van der Waals surface area contributed by atoms with Crippen molar-refractivity contribution in [1.82, 2.24) is 30.7 Å². The average Bonchev–Trinajstić information content (AvgIpc) is 1.61. The zero-order valence-corrected chi connectivity index (χ0v) is 62.1. The van der Waals surface area contributed by atoms with Gasteiger partial charge in [0.1, 0.15) is 67.9 Å². The van der Waals surface area contributed by atoms with Crippen molar-refractivity contribution in [2.45, 2.75) is 138 Å². The van der Waals surface area contributed by atoms with Gasteiger partial charge in [-0.3, -0.25) is 38.5 Å². The minimum atomic E-state index is -2.09. The number of benzene rings is 4. The van der Waals surface area contributed by atoms with Gasteiger partial charge >= 0.3 is 24.1 Å². The molecule has 0 radical (unpaired) electrons. The highest BCUT2D eigenvalue weighted by Gasteiger charge is 2.52. The summed E-state index contributed by atoms with van der Waals surface area (Å²) in [5.41, 5.74) is 0.321. The van der Waals surface area contributed by atoms with Gasteiger partial charge < -0.3 is 129 Å². The Balaban J connectivity index is 0.763. The second-order valence-electron chi connectivity index (χ2n) is 27.6. The van der Waals surface area contributed by atoms with Crippen LogP contribution >= 0.6 is 0 Å². The molecule has 0 aromatic heterocycles. The molecular weight excluding hydrogens is 1520 g/mol. The second kappa shape index (κ2) is 36.7. The SMILES string of the molecule is C=C1C[C@H]2C(O)N(C(=O)OCc3ccc(O[C@@H]4O[C@H](C(=O)O)[C@@H](O)[C@H](O)[C@H]4O)c(C(=O)NCCCNC(=O)CN4C(=O)C=CC4=O)c3)c3cc(OCCCCCOc4cc5c(cc4OC)C(=O)N4CC(=C)C[C@H]4C(O)N5C(=O)OCc4ccc(O[C@@H]5O[C@H](C(=O)O)[C@@H](O)[C@H](O)[C@H]5O)c(C(=O)NCCOC)c4)c(OC)cc3C(=O)N2C1. The number of aliphatic hydroxyl groups is 8. The number of carbonyl (C=O) groups excluding carboxylic acids is 9. The molecule has 4 aromatic carbocycles. The molecule has 618 valence electrons. The molecule has 4 aromatic rings. The first kappa shape index (κ1) is 84.3. The van der Waals surface area contributed by atoms with Crippen LogP contribution in [0.25, 0.3) is 0 Å². The van der Waals surface area contributed by atoms with E-state index in [2.05, 4.69) is 29.1 Å². The van der Waals surface area contributed by atoms with E-state index in [9.17, 15) is 104 Å². The van der Waals surface area contributed by atoms with Crippen molar-refractivity contribution >= 4 is 76.9 Å². The molecule has 7 aliphatic heterocycles. The van der Waals surface area contributed by atoms with E-state index < -0.39 is 171 Å². The molecule has 13 N–H and O–H groups in total. The summed E-state index contributed by atoms with van der Waals surface area (Å²) in [6, 6.07) is 10.8. The molecule has 40 heteroatoms. The summed E-state index contributed by atoms with van der Waals surface area (Å²) in [5, 5.41) is 114. The molecule has 0 aliphatic carbocycles. The molecule has 7 heterocycles. The third-order valence-corrected chi connectivity index (χ3v) is 19.7. The number of nitrogens with one attached hydrogen (secondary N) is 3. The Morgan fingerprint density at radius 2 is 0.922 bits per heavy atom. The van der Waals surface area contributed by atoms with Gasteiger partial charge in [0.15, 0.2) is 47.7 Å². The number of aliphatic carboxylic acids is 2. The number of hydrogen-bond acceptors (Lipinski definition) is 30. The van der Waals surface area contributed by atoms with Crippen molar-refractivity contribution < 1.29 is 156 Å². The fourth-order valence-electron chi connectivity index (χ4n) is 13.7. The van der Waals surface area contributed by atoms with E-state index in [0.717, 1.165) is 26.9 Å². The first-order chi connectivity index (χ1) is 54.9. The molecule has 40 nitrogen and oxygen atoms in total. The molecule has 4 saturated heterocycles. The smallest absolute Gasteiger partial charge is 0.416 e. The lowest BCUT2D eigenvalue weighted by Crippen LogP contribution is -2.61. The van der Waals surface area contributed by atoms with E-state index in [0.29, 0.717) is 30.4 Å². The summed E-state index contributed by atoms with van der Waals surface area (Å²) in [6.07, 6.45) is -22.8. The molecule has 7 aliphatic rings. The predicted octanol–water partition coefficient (Wildman–Crippen LogP) is -1.10. The summed E-state index contributed by atoms with van der Waals surface area (Å²) in [7, 11) is 4.04. The van der Waals surface area contributed by atoms with Gasteiger partial charge in [-0.05, 0) is 86.1 Å². The van der Waals surface area contributed by atoms with Crippen LogP contribution in [-0.4, -0.2) is 298 Å². The third-order valence-electron chi connectivity index (χ3n) is 19.7. The summed E-state index contributed by atoms with van der Waals surface area (Å²) < 4.78 is 62.7. The van der Waals surface area contributed by atoms with Gasteiger partial charge in [0.05, 0.1) is 79.8 Å². The maximum Gasteiger partial charge on any atom is 0.416 e. The number of fused-ring (bicyclic) bond motifs is 4. The van der Waals surface area contributed by atoms with Gasteiger partial charge in [0, 0.05) is 64.1 Å². The fourth-order valence-corrected chi connectivity index (χ4v) is 13.7. The number of anilines is 2. The molecule has 0 bridgehead atoms. The Kier molecular flexibility index (Phi) is 26.9. The molecule has 14 atom stereocenters. The second-order valence-corrected chi connectivity index (χ2v) is 27.6. The van der Waals surface area contributed by atoms with Crippen LogP contribution < -0.4 is 54.2 Å². The van der Waals surface area contributed by atoms with Crippen LogP contribution in [0.4, 0.5) is 21.0 Å². The van der Waals surface area contributed by atoms with Crippen LogP contribution in [0.1, 0.15) is 91.1 Å². The third kappa shape index (κ3) is 18.5. The van der Waals surface area contributed by atoms with Crippen molar-refractivity contribution in [3.8, 4) is 34.5 Å². The van der Waals surface area contributed by atoms with Crippen LogP contribution in [0.5, 0.6) is 34.5 Å². The number of imide groups is 1.